The lowest BCUT2D eigenvalue weighted by molar-refractivity contribution is -0.123. The Labute approximate surface area is 103 Å². The van der Waals surface area contributed by atoms with Crippen LogP contribution >= 0.6 is 0 Å². The van der Waals surface area contributed by atoms with Gasteiger partial charge in [0.1, 0.15) is 0 Å². The molecule has 0 spiro atoms. The minimum atomic E-state index is -0.0674. The van der Waals surface area contributed by atoms with Crippen molar-refractivity contribution in [3.8, 4) is 0 Å². The van der Waals surface area contributed by atoms with Crippen LogP contribution < -0.4 is 16.0 Å². The van der Waals surface area contributed by atoms with Crippen molar-refractivity contribution in [2.45, 2.75) is 37.9 Å². The highest BCUT2D eigenvalue weighted by atomic mass is 16.2. The van der Waals surface area contributed by atoms with Gasteiger partial charge in [-0.05, 0) is 26.8 Å². The number of carbonyl (C=O) groups excluding carboxylic acids is 1. The first-order valence-corrected chi connectivity index (χ1v) is 6.62. The van der Waals surface area contributed by atoms with Gasteiger partial charge in [0.05, 0.1) is 6.04 Å². The molecule has 2 aliphatic rings. The molecule has 2 rings (SSSR count). The Morgan fingerprint density at radius 3 is 2.82 bits per heavy atom. The Kier molecular flexibility index (Phi) is 4.36. The third-order valence-corrected chi connectivity index (χ3v) is 3.75. The number of likely N-dealkylation sites (N-methyl/N-ethyl adjacent to an activating group) is 1. The van der Waals surface area contributed by atoms with Crippen LogP contribution in [0.25, 0.3) is 0 Å². The number of nitrogens with one attached hydrogen (secondary N) is 3. The van der Waals surface area contributed by atoms with Crippen molar-refractivity contribution in [3.05, 3.63) is 0 Å². The molecule has 1 heterocycles. The fourth-order valence-electron chi connectivity index (χ4n) is 2.20. The molecule has 5 heteroatoms. The largest absolute Gasteiger partial charge is 0.353 e. The van der Waals surface area contributed by atoms with E-state index < -0.39 is 0 Å². The molecule has 0 aromatic rings. The highest BCUT2D eigenvalue weighted by molar-refractivity contribution is 5.82. The minimum absolute atomic E-state index is 0.0674. The molecule has 17 heavy (non-hydrogen) atoms. The summed E-state index contributed by atoms with van der Waals surface area (Å²) in [5.74, 6) is 0.119. The van der Waals surface area contributed by atoms with Crippen LogP contribution in [0.15, 0.2) is 0 Å². The summed E-state index contributed by atoms with van der Waals surface area (Å²) in [6.07, 6.45) is 2.62. The molecule has 0 radical (unpaired) electrons. The quantitative estimate of drug-likeness (QED) is 0.586. The molecule has 3 N–H and O–H groups in total. The fourth-order valence-corrected chi connectivity index (χ4v) is 2.20. The standard InChI is InChI=1S/C12H24N4O/c1-9(16(2)10-3-4-10)7-15-12(17)11-8-13-5-6-14-11/h9-11,13-14H,3-8H2,1-2H3,(H,15,17). The Bertz CT molecular complexity index is 261. The number of hydrogen-bond acceptors (Lipinski definition) is 4. The van der Waals surface area contributed by atoms with Gasteiger partial charge in [-0.1, -0.05) is 0 Å². The molecule has 1 aliphatic heterocycles. The van der Waals surface area contributed by atoms with Crippen molar-refractivity contribution < 1.29 is 4.79 Å². The van der Waals surface area contributed by atoms with Crippen LogP contribution in [0.1, 0.15) is 19.8 Å². The van der Waals surface area contributed by atoms with Crippen LogP contribution in [0.2, 0.25) is 0 Å². The summed E-state index contributed by atoms with van der Waals surface area (Å²) < 4.78 is 0. The van der Waals surface area contributed by atoms with Crippen LogP contribution in [0.4, 0.5) is 0 Å². The van der Waals surface area contributed by atoms with Gasteiger partial charge in [0.25, 0.3) is 0 Å². The summed E-state index contributed by atoms with van der Waals surface area (Å²) >= 11 is 0. The maximum absolute atomic E-state index is 11.9. The molecule has 2 atom stereocenters. The highest BCUT2D eigenvalue weighted by Crippen LogP contribution is 2.26. The maximum Gasteiger partial charge on any atom is 0.238 e. The van der Waals surface area contributed by atoms with Crippen LogP contribution in [0.3, 0.4) is 0 Å². The van der Waals surface area contributed by atoms with Gasteiger partial charge < -0.3 is 16.0 Å². The van der Waals surface area contributed by atoms with Gasteiger partial charge in [0.15, 0.2) is 0 Å². The van der Waals surface area contributed by atoms with E-state index in [2.05, 4.69) is 34.8 Å². The SMILES string of the molecule is CC(CNC(=O)C1CNCCN1)N(C)C1CC1. The lowest BCUT2D eigenvalue weighted by atomic mass is 10.2. The summed E-state index contributed by atoms with van der Waals surface area (Å²) in [7, 11) is 2.15. The first kappa shape index (κ1) is 12.8. The van der Waals surface area contributed by atoms with E-state index in [-0.39, 0.29) is 11.9 Å². The first-order chi connectivity index (χ1) is 8.18. The average Bonchev–Trinajstić information content (AvgIpc) is 3.20. The smallest absolute Gasteiger partial charge is 0.238 e. The molecule has 0 aromatic heterocycles. The van der Waals surface area contributed by atoms with E-state index in [1.54, 1.807) is 0 Å². The van der Waals surface area contributed by atoms with Crippen molar-refractivity contribution in [1.29, 1.82) is 0 Å². The Morgan fingerprint density at radius 1 is 1.47 bits per heavy atom. The Hall–Kier alpha value is -0.650. The highest BCUT2D eigenvalue weighted by Gasteiger charge is 2.29. The van der Waals surface area contributed by atoms with Crippen molar-refractivity contribution in [2.75, 3.05) is 33.2 Å². The zero-order valence-electron chi connectivity index (χ0n) is 10.8. The van der Waals surface area contributed by atoms with Gasteiger partial charge in [0, 0.05) is 38.3 Å². The summed E-state index contributed by atoms with van der Waals surface area (Å²) in [5, 5.41) is 9.47. The first-order valence-electron chi connectivity index (χ1n) is 6.62. The molecule has 1 saturated heterocycles. The molecule has 0 bridgehead atoms. The van der Waals surface area contributed by atoms with Crippen molar-refractivity contribution in [1.82, 2.24) is 20.9 Å². The van der Waals surface area contributed by atoms with Crippen LogP contribution in [0, 0.1) is 0 Å². The number of amides is 1. The maximum atomic E-state index is 11.9. The van der Waals surface area contributed by atoms with Crippen molar-refractivity contribution in [2.24, 2.45) is 0 Å². The van der Waals surface area contributed by atoms with E-state index in [1.807, 2.05) is 0 Å². The third kappa shape index (κ3) is 3.66. The molecule has 1 amide bonds. The number of rotatable bonds is 5. The summed E-state index contributed by atoms with van der Waals surface area (Å²) in [4.78, 5) is 14.2. The van der Waals surface area contributed by atoms with E-state index in [0.29, 0.717) is 6.04 Å². The van der Waals surface area contributed by atoms with Crippen molar-refractivity contribution in [3.63, 3.8) is 0 Å². The predicted octanol–water partition coefficient (Wildman–Crippen LogP) is -0.853. The number of carbonyl (C=O) groups is 1. The molecule has 1 saturated carbocycles. The summed E-state index contributed by atoms with van der Waals surface area (Å²) in [6.45, 7) is 5.47. The third-order valence-electron chi connectivity index (χ3n) is 3.75. The molecule has 0 aromatic carbocycles. The molecule has 2 fully saturated rings. The zero-order valence-corrected chi connectivity index (χ0v) is 10.8. The summed E-state index contributed by atoms with van der Waals surface area (Å²) in [5.41, 5.74) is 0. The monoisotopic (exact) mass is 240 g/mol. The molecule has 1 aliphatic carbocycles. The van der Waals surface area contributed by atoms with E-state index in [1.165, 1.54) is 12.8 Å². The average molecular weight is 240 g/mol. The second-order valence-corrected chi connectivity index (χ2v) is 5.20. The molecule has 2 unspecified atom stereocenters. The van der Waals surface area contributed by atoms with Gasteiger partial charge in [-0.3, -0.25) is 9.69 Å². The normalized spacial score (nSPS) is 26.9. The fraction of sp³-hybridized carbons (Fsp3) is 0.917. The number of nitrogens with zero attached hydrogens (tertiary/aromatic N) is 1. The molecule has 5 nitrogen and oxygen atoms in total. The zero-order chi connectivity index (χ0) is 12.3. The predicted molar refractivity (Wildman–Crippen MR) is 67.9 cm³/mol. The minimum Gasteiger partial charge on any atom is -0.353 e. The second kappa shape index (κ2) is 5.80. The number of piperazine rings is 1. The Morgan fingerprint density at radius 2 is 2.24 bits per heavy atom. The molecular weight excluding hydrogens is 216 g/mol. The van der Waals surface area contributed by atoms with E-state index in [0.717, 1.165) is 32.2 Å². The van der Waals surface area contributed by atoms with Gasteiger partial charge in [-0.25, -0.2) is 0 Å². The lowest BCUT2D eigenvalue weighted by Gasteiger charge is -2.27. The summed E-state index contributed by atoms with van der Waals surface area (Å²) in [6, 6.07) is 1.10. The van der Waals surface area contributed by atoms with Crippen LogP contribution in [0.5, 0.6) is 0 Å². The van der Waals surface area contributed by atoms with E-state index in [4.69, 9.17) is 0 Å². The van der Waals surface area contributed by atoms with Gasteiger partial charge in [-0.2, -0.15) is 0 Å². The Balaban J connectivity index is 1.67. The van der Waals surface area contributed by atoms with Crippen LogP contribution in [-0.2, 0) is 4.79 Å². The topological polar surface area (TPSA) is 56.4 Å². The second-order valence-electron chi connectivity index (χ2n) is 5.20. The molecule has 98 valence electrons. The number of hydrogen-bond donors (Lipinski definition) is 3. The van der Waals surface area contributed by atoms with E-state index in [9.17, 15) is 4.79 Å². The van der Waals surface area contributed by atoms with E-state index >= 15 is 0 Å². The molecular formula is C12H24N4O. The van der Waals surface area contributed by atoms with Gasteiger partial charge >= 0.3 is 0 Å². The van der Waals surface area contributed by atoms with Crippen molar-refractivity contribution >= 4 is 5.91 Å². The van der Waals surface area contributed by atoms with Gasteiger partial charge in [0.2, 0.25) is 5.91 Å². The van der Waals surface area contributed by atoms with Crippen LogP contribution in [-0.4, -0.2) is 62.2 Å². The van der Waals surface area contributed by atoms with Gasteiger partial charge in [-0.15, -0.1) is 0 Å². The lowest BCUT2D eigenvalue weighted by Crippen LogP contribution is -2.56.